The fourth-order valence-electron chi connectivity index (χ4n) is 3.59. The van der Waals surface area contributed by atoms with Crippen LogP contribution in [0.25, 0.3) is 10.8 Å². The summed E-state index contributed by atoms with van der Waals surface area (Å²) in [4.78, 5) is 29.0. The smallest absolute Gasteiger partial charge is 0.330 e. The van der Waals surface area contributed by atoms with Gasteiger partial charge in [-0.05, 0) is 18.4 Å². The number of pyridine rings is 1. The molecule has 0 saturated heterocycles. The summed E-state index contributed by atoms with van der Waals surface area (Å²) >= 11 is 0. The van der Waals surface area contributed by atoms with Crippen molar-refractivity contribution in [1.82, 2.24) is 10.3 Å². The standard InChI is InChI=1S/C19H22N2O4/c1-4-25-14-11-19(17(23)24,18(14,2)3)21-16(22)15-13-8-6-5-7-12(13)9-10-20-15/h5-10,14H,4,11H2,1-3H3,(H,21,22)(H,23,24)/t14-,19-/m1/s1. The summed E-state index contributed by atoms with van der Waals surface area (Å²) in [5.41, 5.74) is -1.87. The molecule has 6 nitrogen and oxygen atoms in total. The molecule has 3 rings (SSSR count). The second kappa shape index (κ2) is 6.11. The van der Waals surface area contributed by atoms with E-state index in [2.05, 4.69) is 10.3 Å². The lowest BCUT2D eigenvalue weighted by molar-refractivity contribution is -0.190. The van der Waals surface area contributed by atoms with Gasteiger partial charge in [-0.1, -0.05) is 38.1 Å². The fraction of sp³-hybridized carbons (Fsp3) is 0.421. The first-order valence-electron chi connectivity index (χ1n) is 8.34. The van der Waals surface area contributed by atoms with E-state index in [1.807, 2.05) is 45.0 Å². The van der Waals surface area contributed by atoms with Crippen molar-refractivity contribution in [3.8, 4) is 0 Å². The third-order valence-electron chi connectivity index (χ3n) is 5.35. The summed E-state index contributed by atoms with van der Waals surface area (Å²) in [6.07, 6.45) is 1.58. The van der Waals surface area contributed by atoms with Crippen LogP contribution in [0.15, 0.2) is 36.5 Å². The van der Waals surface area contributed by atoms with Crippen LogP contribution in [0.4, 0.5) is 0 Å². The van der Waals surface area contributed by atoms with Gasteiger partial charge >= 0.3 is 5.97 Å². The average molecular weight is 342 g/mol. The Hall–Kier alpha value is -2.47. The maximum Gasteiger partial charge on any atom is 0.330 e. The highest BCUT2D eigenvalue weighted by Crippen LogP contribution is 2.51. The van der Waals surface area contributed by atoms with Crippen LogP contribution in [0.1, 0.15) is 37.7 Å². The largest absolute Gasteiger partial charge is 0.479 e. The summed E-state index contributed by atoms with van der Waals surface area (Å²) in [5.74, 6) is -1.54. The molecule has 1 heterocycles. The van der Waals surface area contributed by atoms with Gasteiger partial charge in [0.2, 0.25) is 0 Å². The van der Waals surface area contributed by atoms with Gasteiger partial charge in [0, 0.05) is 30.0 Å². The van der Waals surface area contributed by atoms with Crippen LogP contribution in [-0.4, -0.2) is 40.2 Å². The van der Waals surface area contributed by atoms with Crippen LogP contribution in [0.2, 0.25) is 0 Å². The van der Waals surface area contributed by atoms with Gasteiger partial charge in [0.1, 0.15) is 11.2 Å². The minimum absolute atomic E-state index is 0.214. The highest BCUT2D eigenvalue weighted by Gasteiger charge is 2.66. The first kappa shape index (κ1) is 17.4. The Morgan fingerprint density at radius 1 is 1.32 bits per heavy atom. The van der Waals surface area contributed by atoms with E-state index in [0.717, 1.165) is 5.39 Å². The molecule has 1 aliphatic carbocycles. The van der Waals surface area contributed by atoms with Crippen molar-refractivity contribution in [2.75, 3.05) is 6.61 Å². The molecule has 1 saturated carbocycles. The Morgan fingerprint density at radius 2 is 2.04 bits per heavy atom. The number of hydrogen-bond acceptors (Lipinski definition) is 4. The van der Waals surface area contributed by atoms with E-state index in [1.165, 1.54) is 0 Å². The molecule has 1 aromatic carbocycles. The second-order valence-electron chi connectivity index (χ2n) is 6.92. The van der Waals surface area contributed by atoms with Gasteiger partial charge in [-0.2, -0.15) is 0 Å². The lowest BCUT2D eigenvalue weighted by atomic mass is 9.54. The minimum Gasteiger partial charge on any atom is -0.479 e. The van der Waals surface area contributed by atoms with E-state index in [9.17, 15) is 14.7 Å². The number of nitrogens with zero attached hydrogens (tertiary/aromatic N) is 1. The van der Waals surface area contributed by atoms with E-state index in [1.54, 1.807) is 12.3 Å². The number of nitrogens with one attached hydrogen (secondary N) is 1. The molecule has 1 aromatic heterocycles. The fourth-order valence-corrected chi connectivity index (χ4v) is 3.59. The molecular formula is C19H22N2O4. The van der Waals surface area contributed by atoms with Crippen LogP contribution in [0, 0.1) is 5.41 Å². The zero-order valence-electron chi connectivity index (χ0n) is 14.6. The van der Waals surface area contributed by atoms with Crippen molar-refractivity contribution in [2.24, 2.45) is 5.41 Å². The van der Waals surface area contributed by atoms with E-state index >= 15 is 0 Å². The van der Waals surface area contributed by atoms with E-state index in [4.69, 9.17) is 4.74 Å². The molecule has 1 amide bonds. The minimum atomic E-state index is -1.37. The molecule has 0 bridgehead atoms. The molecule has 6 heteroatoms. The molecule has 2 aromatic rings. The maximum absolute atomic E-state index is 12.8. The van der Waals surface area contributed by atoms with Crippen LogP contribution in [0.5, 0.6) is 0 Å². The number of benzene rings is 1. The average Bonchev–Trinajstić information content (AvgIpc) is 2.59. The number of carbonyl (C=O) groups excluding carboxylic acids is 1. The molecule has 2 N–H and O–H groups in total. The van der Waals surface area contributed by atoms with Crippen molar-refractivity contribution in [2.45, 2.75) is 38.8 Å². The number of aliphatic carboxylic acids is 1. The van der Waals surface area contributed by atoms with E-state index < -0.39 is 22.8 Å². The van der Waals surface area contributed by atoms with Gasteiger partial charge in [-0.25, -0.2) is 4.79 Å². The summed E-state index contributed by atoms with van der Waals surface area (Å²) in [6.45, 7) is 5.99. The van der Waals surface area contributed by atoms with Gasteiger partial charge in [0.15, 0.2) is 0 Å². The lowest BCUT2D eigenvalue weighted by Gasteiger charge is -2.58. The number of aromatic nitrogens is 1. The molecule has 132 valence electrons. The van der Waals surface area contributed by atoms with Gasteiger partial charge in [0.05, 0.1) is 6.10 Å². The zero-order chi connectivity index (χ0) is 18.2. The molecule has 0 spiro atoms. The maximum atomic E-state index is 12.8. The monoisotopic (exact) mass is 342 g/mol. The summed E-state index contributed by atoms with van der Waals surface area (Å²) in [7, 11) is 0. The second-order valence-corrected chi connectivity index (χ2v) is 6.92. The lowest BCUT2D eigenvalue weighted by Crippen LogP contribution is -2.76. The van der Waals surface area contributed by atoms with Crippen LogP contribution in [0.3, 0.4) is 0 Å². The molecule has 25 heavy (non-hydrogen) atoms. The van der Waals surface area contributed by atoms with Crippen LogP contribution >= 0.6 is 0 Å². The van der Waals surface area contributed by atoms with Crippen molar-refractivity contribution < 1.29 is 19.4 Å². The molecular weight excluding hydrogens is 320 g/mol. The Labute approximate surface area is 146 Å². The van der Waals surface area contributed by atoms with Gasteiger partial charge in [0.25, 0.3) is 5.91 Å². The number of hydrogen-bond donors (Lipinski definition) is 2. The predicted octanol–water partition coefficient (Wildman–Crippen LogP) is 2.62. The summed E-state index contributed by atoms with van der Waals surface area (Å²) in [6, 6.07) is 9.22. The van der Waals surface area contributed by atoms with Crippen LogP contribution < -0.4 is 5.32 Å². The van der Waals surface area contributed by atoms with Crippen molar-refractivity contribution in [3.05, 3.63) is 42.2 Å². The quantitative estimate of drug-likeness (QED) is 0.872. The Bertz CT molecular complexity index is 828. The van der Waals surface area contributed by atoms with Gasteiger partial charge in [-0.3, -0.25) is 9.78 Å². The predicted molar refractivity (Wildman–Crippen MR) is 93.4 cm³/mol. The Balaban J connectivity index is 1.94. The molecule has 0 unspecified atom stereocenters. The number of amides is 1. The third-order valence-corrected chi connectivity index (χ3v) is 5.35. The highest BCUT2D eigenvalue weighted by atomic mass is 16.5. The molecule has 1 fully saturated rings. The first-order valence-corrected chi connectivity index (χ1v) is 8.34. The first-order chi connectivity index (χ1) is 11.8. The highest BCUT2D eigenvalue weighted by molar-refractivity contribution is 6.07. The number of rotatable bonds is 5. The molecule has 0 radical (unpaired) electrons. The number of carboxylic acid groups (broad SMARTS) is 1. The number of fused-ring (bicyclic) bond motifs is 1. The topological polar surface area (TPSA) is 88.5 Å². The Kier molecular flexibility index (Phi) is 4.24. The Morgan fingerprint density at radius 3 is 2.68 bits per heavy atom. The normalized spacial score (nSPS) is 24.5. The number of ether oxygens (including phenoxy) is 1. The summed E-state index contributed by atoms with van der Waals surface area (Å²) in [5, 5.41) is 14.1. The summed E-state index contributed by atoms with van der Waals surface area (Å²) < 4.78 is 5.63. The van der Waals surface area contributed by atoms with E-state index in [0.29, 0.717) is 12.0 Å². The van der Waals surface area contributed by atoms with Crippen molar-refractivity contribution in [1.29, 1.82) is 0 Å². The van der Waals surface area contributed by atoms with E-state index in [-0.39, 0.29) is 18.2 Å². The number of carbonyl (C=O) groups is 2. The number of carboxylic acids is 1. The SMILES string of the molecule is CCO[C@@H]1C[C@@](NC(=O)c2nccc3ccccc23)(C(=O)O)C1(C)C. The molecule has 0 aliphatic heterocycles. The zero-order valence-corrected chi connectivity index (χ0v) is 14.6. The van der Waals surface area contributed by atoms with Crippen LogP contribution in [-0.2, 0) is 9.53 Å². The van der Waals surface area contributed by atoms with Gasteiger partial charge < -0.3 is 15.2 Å². The van der Waals surface area contributed by atoms with Crippen molar-refractivity contribution >= 4 is 22.6 Å². The molecule has 1 aliphatic rings. The van der Waals surface area contributed by atoms with Gasteiger partial charge in [-0.15, -0.1) is 0 Å². The van der Waals surface area contributed by atoms with Crippen molar-refractivity contribution in [3.63, 3.8) is 0 Å². The molecule has 2 atom stereocenters. The third kappa shape index (κ3) is 2.57.